The van der Waals surface area contributed by atoms with Crippen LogP contribution in [0.1, 0.15) is 30.3 Å². The smallest absolute Gasteiger partial charge is 0.275 e. The van der Waals surface area contributed by atoms with Crippen LogP contribution < -0.4 is 5.73 Å². The summed E-state index contributed by atoms with van der Waals surface area (Å²) in [7, 11) is 0. The molecule has 0 saturated carbocycles. The van der Waals surface area contributed by atoms with Crippen molar-refractivity contribution in [1.82, 2.24) is 13.6 Å². The molecule has 0 spiro atoms. The van der Waals surface area contributed by atoms with Crippen molar-refractivity contribution in [1.29, 1.82) is 0 Å². The second-order valence-corrected chi connectivity index (χ2v) is 4.72. The molecule has 1 amide bonds. The molecular formula is C10H16N4OS. The van der Waals surface area contributed by atoms with E-state index in [1.807, 2.05) is 4.90 Å². The molecule has 2 N–H and O–H groups in total. The molecule has 1 saturated heterocycles. The monoisotopic (exact) mass is 240 g/mol. The Morgan fingerprint density at radius 1 is 1.75 bits per heavy atom. The van der Waals surface area contributed by atoms with Crippen LogP contribution in [0.3, 0.4) is 0 Å². The Balaban J connectivity index is 2.03. The Morgan fingerprint density at radius 2 is 2.56 bits per heavy atom. The Kier molecular flexibility index (Phi) is 3.50. The fraction of sp³-hybridized carbons (Fsp3) is 0.700. The van der Waals surface area contributed by atoms with Gasteiger partial charge >= 0.3 is 0 Å². The lowest BCUT2D eigenvalue weighted by Gasteiger charge is -2.36. The lowest BCUT2D eigenvalue weighted by Crippen LogP contribution is -2.49. The third-order valence-corrected chi connectivity index (χ3v) is 3.66. The van der Waals surface area contributed by atoms with Crippen molar-refractivity contribution in [2.45, 2.75) is 25.8 Å². The highest BCUT2D eigenvalue weighted by molar-refractivity contribution is 6.99. The van der Waals surface area contributed by atoms with Crippen LogP contribution in [0.15, 0.2) is 6.20 Å². The van der Waals surface area contributed by atoms with E-state index < -0.39 is 0 Å². The highest BCUT2D eigenvalue weighted by Crippen LogP contribution is 2.19. The maximum absolute atomic E-state index is 12.0. The summed E-state index contributed by atoms with van der Waals surface area (Å²) in [6.45, 7) is 3.59. The van der Waals surface area contributed by atoms with Crippen LogP contribution in [0.4, 0.5) is 0 Å². The molecule has 2 unspecified atom stereocenters. The summed E-state index contributed by atoms with van der Waals surface area (Å²) < 4.78 is 7.82. The van der Waals surface area contributed by atoms with Crippen molar-refractivity contribution >= 4 is 17.6 Å². The van der Waals surface area contributed by atoms with Gasteiger partial charge in [0.15, 0.2) is 5.69 Å². The van der Waals surface area contributed by atoms with Crippen LogP contribution in [0.5, 0.6) is 0 Å². The predicted octanol–water partition coefficient (Wildman–Crippen LogP) is 0.738. The van der Waals surface area contributed by atoms with Crippen molar-refractivity contribution in [2.24, 2.45) is 11.7 Å². The number of nitrogens with two attached hydrogens (primary N) is 1. The third kappa shape index (κ3) is 2.22. The molecule has 1 aliphatic heterocycles. The lowest BCUT2D eigenvalue weighted by molar-refractivity contribution is 0.0644. The Morgan fingerprint density at radius 3 is 3.19 bits per heavy atom. The quantitative estimate of drug-likeness (QED) is 0.827. The fourth-order valence-electron chi connectivity index (χ4n) is 2.09. The molecular weight excluding hydrogens is 224 g/mol. The SMILES string of the molecule is CCC1CN(C(=O)c2cnsn2)CCC1N. The number of hydrogen-bond donors (Lipinski definition) is 1. The van der Waals surface area contributed by atoms with Gasteiger partial charge in [0.2, 0.25) is 0 Å². The fourth-order valence-corrected chi connectivity index (χ4v) is 2.49. The zero-order valence-electron chi connectivity index (χ0n) is 9.30. The maximum Gasteiger partial charge on any atom is 0.275 e. The van der Waals surface area contributed by atoms with Crippen LogP contribution >= 0.6 is 11.7 Å². The lowest BCUT2D eigenvalue weighted by atomic mass is 9.90. The summed E-state index contributed by atoms with van der Waals surface area (Å²) in [5.41, 5.74) is 6.46. The number of likely N-dealkylation sites (tertiary alicyclic amines) is 1. The van der Waals surface area contributed by atoms with Crippen molar-refractivity contribution in [3.8, 4) is 0 Å². The minimum atomic E-state index is -0.0147. The molecule has 1 aromatic rings. The van der Waals surface area contributed by atoms with Gasteiger partial charge in [-0.3, -0.25) is 4.79 Å². The third-order valence-electron chi connectivity index (χ3n) is 3.18. The van der Waals surface area contributed by atoms with Crippen LogP contribution in [-0.4, -0.2) is 38.7 Å². The molecule has 0 bridgehead atoms. The maximum atomic E-state index is 12.0. The number of amides is 1. The van der Waals surface area contributed by atoms with Crippen LogP contribution in [-0.2, 0) is 0 Å². The van der Waals surface area contributed by atoms with E-state index in [1.54, 1.807) is 0 Å². The van der Waals surface area contributed by atoms with Crippen molar-refractivity contribution < 1.29 is 4.79 Å². The number of nitrogens with zero attached hydrogens (tertiary/aromatic N) is 3. The van der Waals surface area contributed by atoms with Gasteiger partial charge in [-0.1, -0.05) is 13.3 Å². The molecule has 1 fully saturated rings. The zero-order chi connectivity index (χ0) is 11.5. The van der Waals surface area contributed by atoms with Crippen LogP contribution in [0.2, 0.25) is 0 Å². The van der Waals surface area contributed by atoms with Gasteiger partial charge in [-0.25, -0.2) is 0 Å². The first-order valence-corrected chi connectivity index (χ1v) is 6.27. The van der Waals surface area contributed by atoms with Crippen molar-refractivity contribution in [2.75, 3.05) is 13.1 Å². The van der Waals surface area contributed by atoms with Gasteiger partial charge in [0.25, 0.3) is 5.91 Å². The molecule has 2 heterocycles. The number of carbonyl (C=O) groups excluding carboxylic acids is 1. The van der Waals surface area contributed by atoms with Gasteiger partial charge in [-0.05, 0) is 12.3 Å². The molecule has 1 aromatic heterocycles. The molecule has 0 radical (unpaired) electrons. The summed E-state index contributed by atoms with van der Waals surface area (Å²) in [5.74, 6) is 0.392. The summed E-state index contributed by atoms with van der Waals surface area (Å²) in [4.78, 5) is 13.9. The summed E-state index contributed by atoms with van der Waals surface area (Å²) >= 11 is 1.07. The topological polar surface area (TPSA) is 72.1 Å². The minimum Gasteiger partial charge on any atom is -0.337 e. The predicted molar refractivity (Wildman–Crippen MR) is 62.2 cm³/mol. The van der Waals surface area contributed by atoms with E-state index >= 15 is 0 Å². The highest BCUT2D eigenvalue weighted by atomic mass is 32.1. The molecule has 0 aliphatic carbocycles. The summed E-state index contributed by atoms with van der Waals surface area (Å²) in [6.07, 6.45) is 3.42. The second kappa shape index (κ2) is 4.88. The molecule has 1 aliphatic rings. The number of rotatable bonds is 2. The van der Waals surface area contributed by atoms with Gasteiger partial charge in [0.05, 0.1) is 17.9 Å². The minimum absolute atomic E-state index is 0.0147. The van der Waals surface area contributed by atoms with Gasteiger partial charge < -0.3 is 10.6 Å². The molecule has 16 heavy (non-hydrogen) atoms. The van der Waals surface area contributed by atoms with Gasteiger partial charge in [-0.15, -0.1) is 0 Å². The first-order chi connectivity index (χ1) is 7.72. The average molecular weight is 240 g/mol. The molecule has 2 atom stereocenters. The summed E-state index contributed by atoms with van der Waals surface area (Å²) in [5, 5.41) is 0. The average Bonchev–Trinajstić information content (AvgIpc) is 2.82. The first kappa shape index (κ1) is 11.5. The number of hydrogen-bond acceptors (Lipinski definition) is 5. The molecule has 0 aromatic carbocycles. The van der Waals surface area contributed by atoms with Gasteiger partial charge in [-0.2, -0.15) is 8.75 Å². The number of piperidine rings is 1. The molecule has 2 rings (SSSR count). The van der Waals surface area contributed by atoms with E-state index in [4.69, 9.17) is 5.73 Å². The van der Waals surface area contributed by atoms with Crippen LogP contribution in [0.25, 0.3) is 0 Å². The number of aromatic nitrogens is 2. The summed E-state index contributed by atoms with van der Waals surface area (Å²) in [6, 6.07) is 0.225. The Hall–Kier alpha value is -1.01. The standard InChI is InChI=1S/C10H16N4OS/c1-2-7-6-14(4-3-8(7)11)10(15)9-5-12-16-13-9/h5,7-8H,2-4,6,11H2,1H3. The number of carbonyl (C=O) groups is 1. The largest absolute Gasteiger partial charge is 0.337 e. The van der Waals surface area contributed by atoms with E-state index in [0.29, 0.717) is 11.6 Å². The van der Waals surface area contributed by atoms with E-state index in [9.17, 15) is 4.79 Å². The van der Waals surface area contributed by atoms with E-state index in [1.165, 1.54) is 6.20 Å². The Bertz CT molecular complexity index is 354. The van der Waals surface area contributed by atoms with Crippen molar-refractivity contribution in [3.05, 3.63) is 11.9 Å². The van der Waals surface area contributed by atoms with Crippen molar-refractivity contribution in [3.63, 3.8) is 0 Å². The normalized spacial score (nSPS) is 25.8. The highest BCUT2D eigenvalue weighted by Gasteiger charge is 2.29. The second-order valence-electron chi connectivity index (χ2n) is 4.16. The molecule has 5 nitrogen and oxygen atoms in total. The van der Waals surface area contributed by atoms with Crippen LogP contribution in [0, 0.1) is 5.92 Å². The Labute approximate surface area is 99.0 Å². The van der Waals surface area contributed by atoms with Gasteiger partial charge in [0, 0.05) is 19.1 Å². The van der Waals surface area contributed by atoms with Gasteiger partial charge in [0.1, 0.15) is 0 Å². The molecule has 6 heteroatoms. The first-order valence-electron chi connectivity index (χ1n) is 5.54. The zero-order valence-corrected chi connectivity index (χ0v) is 10.1. The molecule has 88 valence electrons. The van der Waals surface area contributed by atoms with E-state index in [-0.39, 0.29) is 11.9 Å². The van der Waals surface area contributed by atoms with E-state index in [0.717, 1.165) is 37.7 Å². The van der Waals surface area contributed by atoms with E-state index in [2.05, 4.69) is 15.7 Å².